The highest BCUT2D eigenvalue weighted by molar-refractivity contribution is 6.30. The van der Waals surface area contributed by atoms with Gasteiger partial charge in [-0.25, -0.2) is 0 Å². The Hall–Kier alpha value is -0.770. The van der Waals surface area contributed by atoms with E-state index in [1.54, 1.807) is 0 Å². The first-order chi connectivity index (χ1) is 10.1. The highest BCUT2D eigenvalue weighted by atomic mass is 35.5. The van der Waals surface area contributed by atoms with Crippen molar-refractivity contribution in [2.24, 2.45) is 5.92 Å². The molecule has 1 aliphatic rings. The smallest absolute Gasteiger partial charge is 0.0427 e. The second-order valence-corrected chi connectivity index (χ2v) is 6.88. The molecule has 1 aromatic carbocycles. The average Bonchev–Trinajstić information content (AvgIpc) is 2.65. The van der Waals surface area contributed by atoms with E-state index in [1.807, 2.05) is 6.07 Å². The molecule has 0 aliphatic carbocycles. The molecule has 1 aromatic rings. The summed E-state index contributed by atoms with van der Waals surface area (Å²) in [7, 11) is 2.20. The van der Waals surface area contributed by atoms with Gasteiger partial charge in [-0.05, 0) is 50.2 Å². The fraction of sp³-hybridized carbons (Fsp3) is 0.647. The highest BCUT2D eigenvalue weighted by Gasteiger charge is 2.16. The minimum Gasteiger partial charge on any atom is -0.370 e. The lowest BCUT2D eigenvalue weighted by molar-refractivity contribution is 0.360. The zero-order valence-corrected chi connectivity index (χ0v) is 14.3. The topological polar surface area (TPSA) is 18.5 Å². The van der Waals surface area contributed by atoms with Crippen LogP contribution in [0.4, 0.5) is 5.69 Å². The first-order valence-corrected chi connectivity index (χ1v) is 8.36. The number of likely N-dealkylation sites (N-methyl/N-ethyl adjacent to an activating group) is 1. The van der Waals surface area contributed by atoms with Crippen LogP contribution in [0.5, 0.6) is 0 Å². The van der Waals surface area contributed by atoms with Gasteiger partial charge in [0, 0.05) is 36.9 Å². The van der Waals surface area contributed by atoms with Crippen molar-refractivity contribution in [3.05, 3.63) is 28.8 Å². The monoisotopic (exact) mass is 309 g/mol. The molecule has 118 valence electrons. The Bertz CT molecular complexity index is 448. The van der Waals surface area contributed by atoms with Crippen molar-refractivity contribution < 1.29 is 0 Å². The zero-order valence-electron chi connectivity index (χ0n) is 13.5. The number of halogens is 1. The van der Waals surface area contributed by atoms with Crippen molar-refractivity contribution in [1.82, 2.24) is 10.2 Å². The van der Waals surface area contributed by atoms with Gasteiger partial charge < -0.3 is 15.1 Å². The molecule has 0 radical (unpaired) electrons. The molecule has 0 amide bonds. The van der Waals surface area contributed by atoms with Crippen LogP contribution in [0, 0.1) is 5.92 Å². The fourth-order valence-corrected chi connectivity index (χ4v) is 2.93. The maximum absolute atomic E-state index is 6.23. The number of rotatable bonds is 5. The molecule has 3 nitrogen and oxygen atoms in total. The van der Waals surface area contributed by atoms with Crippen molar-refractivity contribution in [2.75, 3.05) is 44.7 Å². The molecule has 21 heavy (non-hydrogen) atoms. The minimum absolute atomic E-state index is 0.674. The molecule has 0 atom stereocenters. The number of benzene rings is 1. The van der Waals surface area contributed by atoms with Crippen molar-refractivity contribution in [3.63, 3.8) is 0 Å². The summed E-state index contributed by atoms with van der Waals surface area (Å²) in [5.41, 5.74) is 2.65. The first kappa shape index (κ1) is 16.6. The fourth-order valence-electron chi connectivity index (χ4n) is 2.76. The first-order valence-electron chi connectivity index (χ1n) is 7.99. The van der Waals surface area contributed by atoms with Gasteiger partial charge in [-0.2, -0.15) is 0 Å². The number of hydrogen-bond donors (Lipinski definition) is 1. The lowest BCUT2D eigenvalue weighted by Crippen LogP contribution is -2.30. The largest absolute Gasteiger partial charge is 0.370 e. The van der Waals surface area contributed by atoms with Gasteiger partial charge in [0.25, 0.3) is 0 Å². The van der Waals surface area contributed by atoms with Crippen LogP contribution in [0.2, 0.25) is 5.02 Å². The molecule has 0 saturated carbocycles. The van der Waals surface area contributed by atoms with Gasteiger partial charge in [0.2, 0.25) is 0 Å². The van der Waals surface area contributed by atoms with E-state index in [0.717, 1.165) is 37.7 Å². The molecule has 1 fully saturated rings. The van der Waals surface area contributed by atoms with Crippen LogP contribution < -0.4 is 10.2 Å². The van der Waals surface area contributed by atoms with Gasteiger partial charge in [0.1, 0.15) is 0 Å². The Kier molecular flexibility index (Phi) is 6.34. The lowest BCUT2D eigenvalue weighted by Gasteiger charge is -2.26. The predicted molar refractivity (Wildman–Crippen MR) is 92.3 cm³/mol. The summed E-state index contributed by atoms with van der Waals surface area (Å²) >= 11 is 6.23. The number of anilines is 1. The van der Waals surface area contributed by atoms with Crippen LogP contribution in [0.25, 0.3) is 0 Å². The Morgan fingerprint density at radius 1 is 1.19 bits per heavy atom. The van der Waals surface area contributed by atoms with Gasteiger partial charge >= 0.3 is 0 Å². The van der Waals surface area contributed by atoms with Crippen molar-refractivity contribution >= 4 is 17.3 Å². The van der Waals surface area contributed by atoms with E-state index in [1.165, 1.54) is 24.2 Å². The standard InChI is InChI=1S/C17H28ClN3/c1-14(2)12-19-13-15-5-6-16(18)11-17(15)21-8-4-7-20(3)9-10-21/h5-6,11,14,19H,4,7-10,12-13H2,1-3H3. The lowest BCUT2D eigenvalue weighted by atomic mass is 10.1. The van der Waals surface area contributed by atoms with Gasteiger partial charge in [0.15, 0.2) is 0 Å². The van der Waals surface area contributed by atoms with E-state index in [2.05, 4.69) is 48.1 Å². The Morgan fingerprint density at radius 3 is 2.76 bits per heavy atom. The second kappa shape index (κ2) is 8.02. The van der Waals surface area contributed by atoms with Crippen LogP contribution in [0.3, 0.4) is 0 Å². The molecule has 0 unspecified atom stereocenters. The van der Waals surface area contributed by atoms with Crippen LogP contribution >= 0.6 is 11.6 Å². The normalized spacial score (nSPS) is 17.3. The molecule has 0 bridgehead atoms. The molecule has 1 saturated heterocycles. The van der Waals surface area contributed by atoms with E-state index in [9.17, 15) is 0 Å². The molecule has 1 N–H and O–H groups in total. The van der Waals surface area contributed by atoms with E-state index in [0.29, 0.717) is 5.92 Å². The van der Waals surface area contributed by atoms with E-state index in [-0.39, 0.29) is 0 Å². The predicted octanol–water partition coefficient (Wildman–Crippen LogP) is 3.23. The summed E-state index contributed by atoms with van der Waals surface area (Å²) in [5, 5.41) is 4.37. The quantitative estimate of drug-likeness (QED) is 0.901. The van der Waals surface area contributed by atoms with Gasteiger partial charge in [-0.1, -0.05) is 31.5 Å². The Morgan fingerprint density at radius 2 is 2.00 bits per heavy atom. The van der Waals surface area contributed by atoms with Gasteiger partial charge in [-0.15, -0.1) is 0 Å². The van der Waals surface area contributed by atoms with Crippen molar-refractivity contribution in [2.45, 2.75) is 26.8 Å². The number of nitrogens with zero attached hydrogens (tertiary/aromatic N) is 2. The molecule has 1 heterocycles. The molecule has 2 rings (SSSR count). The van der Waals surface area contributed by atoms with Crippen LogP contribution in [0.15, 0.2) is 18.2 Å². The van der Waals surface area contributed by atoms with Crippen molar-refractivity contribution in [3.8, 4) is 0 Å². The van der Waals surface area contributed by atoms with E-state index in [4.69, 9.17) is 11.6 Å². The average molecular weight is 310 g/mol. The zero-order chi connectivity index (χ0) is 15.2. The maximum Gasteiger partial charge on any atom is 0.0427 e. The molecule has 4 heteroatoms. The van der Waals surface area contributed by atoms with Crippen LogP contribution in [-0.4, -0.2) is 44.7 Å². The third-order valence-electron chi connectivity index (χ3n) is 3.98. The molecular weight excluding hydrogens is 282 g/mol. The molecule has 1 aliphatic heterocycles. The molecule has 0 aromatic heterocycles. The Balaban J connectivity index is 2.10. The third-order valence-corrected chi connectivity index (χ3v) is 4.21. The summed E-state index contributed by atoms with van der Waals surface area (Å²) in [5.74, 6) is 0.674. The minimum atomic E-state index is 0.674. The Labute approximate surface area is 134 Å². The van der Waals surface area contributed by atoms with Gasteiger partial charge in [0.05, 0.1) is 0 Å². The van der Waals surface area contributed by atoms with Crippen molar-refractivity contribution in [1.29, 1.82) is 0 Å². The summed E-state index contributed by atoms with van der Waals surface area (Å²) in [4.78, 5) is 4.89. The van der Waals surface area contributed by atoms with E-state index < -0.39 is 0 Å². The van der Waals surface area contributed by atoms with Crippen LogP contribution in [-0.2, 0) is 6.54 Å². The third kappa shape index (κ3) is 5.17. The summed E-state index contributed by atoms with van der Waals surface area (Å²) in [6.07, 6.45) is 1.21. The summed E-state index contributed by atoms with van der Waals surface area (Å²) < 4.78 is 0. The second-order valence-electron chi connectivity index (χ2n) is 6.44. The SMILES string of the molecule is CC(C)CNCc1ccc(Cl)cc1N1CCCN(C)CC1. The highest BCUT2D eigenvalue weighted by Crippen LogP contribution is 2.26. The molecule has 0 spiro atoms. The van der Waals surface area contributed by atoms with Gasteiger partial charge in [-0.3, -0.25) is 0 Å². The molecular formula is C17H28ClN3. The summed E-state index contributed by atoms with van der Waals surface area (Å²) in [6.45, 7) is 10.9. The number of hydrogen-bond acceptors (Lipinski definition) is 3. The summed E-state index contributed by atoms with van der Waals surface area (Å²) in [6, 6.07) is 6.29. The maximum atomic E-state index is 6.23. The van der Waals surface area contributed by atoms with Crippen LogP contribution in [0.1, 0.15) is 25.8 Å². The number of nitrogens with one attached hydrogen (secondary N) is 1. The van der Waals surface area contributed by atoms with E-state index >= 15 is 0 Å².